The number of furan rings is 2. The minimum Gasteiger partial charge on any atom is -0.458 e. The van der Waals surface area contributed by atoms with Gasteiger partial charge in [0.2, 0.25) is 0 Å². The predicted octanol–water partition coefficient (Wildman–Crippen LogP) is 18.3. The maximum absolute atomic E-state index is 7.41. The highest BCUT2D eigenvalue weighted by Crippen LogP contribution is 2.49. The van der Waals surface area contributed by atoms with Crippen molar-refractivity contribution in [1.29, 1.82) is 0 Å². The topological polar surface area (TPSA) is 50.3 Å². The first kappa shape index (κ1) is 45.3. The average Bonchev–Trinajstić information content (AvgIpc) is 2.06. The Morgan fingerprint density at radius 3 is 1.51 bits per heavy atom. The molecule has 17 aromatic rings. The molecule has 0 radical (unpaired) electrons. The second-order valence-corrected chi connectivity index (χ2v) is 23.9. The zero-order valence-electron chi connectivity index (χ0n) is 45.7. The third-order valence-corrected chi connectivity index (χ3v) is 18.4. The van der Waals surface area contributed by atoms with Gasteiger partial charge in [-0.3, -0.25) is 0 Å². The van der Waals surface area contributed by atoms with Crippen LogP contribution in [0, 0.1) is 0 Å². The molecule has 2 aliphatic rings. The molecule has 19 rings (SSSR count). The molecule has 0 amide bonds. The highest BCUT2D eigenvalue weighted by Gasteiger charge is 2.43. The second-order valence-electron chi connectivity index (χ2n) is 23.9. The van der Waals surface area contributed by atoms with Gasteiger partial charge in [-0.05, 0) is 141 Å². The van der Waals surface area contributed by atoms with Gasteiger partial charge in [-0.2, -0.15) is 0 Å². The third-order valence-electron chi connectivity index (χ3n) is 18.4. The SMILES string of the molecule is CC(C)(C)c1ccc2c(c1)Oc1cc(-c3ccccc3-c3ccccc3)cc3c1B2c1cc2c4cc(-n5c6ccccc6c6ccccc65)ccc4oc2c2c4c5oc6ccc(-n7c8ccccc8c8ccccc87)cc6c5ccc4n-3c12. The van der Waals surface area contributed by atoms with Gasteiger partial charge < -0.3 is 27.3 Å². The van der Waals surface area contributed by atoms with Gasteiger partial charge in [-0.15, -0.1) is 0 Å². The summed E-state index contributed by atoms with van der Waals surface area (Å²) in [5.41, 5.74) is 22.5. The maximum atomic E-state index is 7.41. The summed E-state index contributed by atoms with van der Waals surface area (Å²) < 4.78 is 29.5. The molecule has 0 saturated carbocycles. The molecular weight excluding hydrogens is 1010 g/mol. The second kappa shape index (κ2) is 16.1. The van der Waals surface area contributed by atoms with Crippen molar-refractivity contribution in [2.45, 2.75) is 26.2 Å². The highest BCUT2D eigenvalue weighted by molar-refractivity contribution is 6.99. The van der Waals surface area contributed by atoms with Crippen LogP contribution < -0.4 is 21.1 Å². The molecule has 388 valence electrons. The smallest absolute Gasteiger partial charge is 0.256 e. The molecule has 0 unspecified atom stereocenters. The van der Waals surface area contributed by atoms with Crippen molar-refractivity contribution in [2.75, 3.05) is 0 Å². The molecule has 83 heavy (non-hydrogen) atoms. The molecule has 0 atom stereocenters. The van der Waals surface area contributed by atoms with E-state index < -0.39 is 0 Å². The molecule has 5 aromatic heterocycles. The van der Waals surface area contributed by atoms with Crippen LogP contribution in [0.4, 0.5) is 0 Å². The fourth-order valence-corrected chi connectivity index (χ4v) is 14.8. The fourth-order valence-electron chi connectivity index (χ4n) is 14.8. The van der Waals surface area contributed by atoms with E-state index in [1.165, 1.54) is 54.6 Å². The predicted molar refractivity (Wildman–Crippen MR) is 345 cm³/mol. The number of ether oxygens (including phenoxy) is 1. The Balaban J connectivity index is 0.949. The highest BCUT2D eigenvalue weighted by atomic mass is 16.5. The van der Waals surface area contributed by atoms with Crippen LogP contribution in [0.3, 0.4) is 0 Å². The van der Waals surface area contributed by atoms with Crippen molar-refractivity contribution < 1.29 is 13.6 Å². The molecule has 0 spiro atoms. The van der Waals surface area contributed by atoms with Crippen molar-refractivity contribution in [3.8, 4) is 50.8 Å². The van der Waals surface area contributed by atoms with Crippen molar-refractivity contribution >= 4 is 132 Å². The van der Waals surface area contributed by atoms with Crippen LogP contribution in [0.5, 0.6) is 11.5 Å². The number of hydrogen-bond acceptors (Lipinski definition) is 3. The molecule has 0 fully saturated rings. The first-order valence-corrected chi connectivity index (χ1v) is 28.8. The number of nitrogens with zero attached hydrogens (tertiary/aromatic N) is 3. The number of fused-ring (bicyclic) bond motifs is 21. The van der Waals surface area contributed by atoms with Crippen LogP contribution in [0.1, 0.15) is 26.3 Å². The maximum Gasteiger partial charge on any atom is 0.256 e. The van der Waals surface area contributed by atoms with Gasteiger partial charge in [0, 0.05) is 60.2 Å². The lowest BCUT2D eigenvalue weighted by atomic mass is 9.34. The summed E-state index contributed by atoms with van der Waals surface area (Å²) in [7, 11) is 0. The van der Waals surface area contributed by atoms with E-state index in [4.69, 9.17) is 13.6 Å². The minimum absolute atomic E-state index is 0.0998. The van der Waals surface area contributed by atoms with E-state index in [-0.39, 0.29) is 12.1 Å². The third kappa shape index (κ3) is 6.07. The van der Waals surface area contributed by atoms with E-state index in [1.54, 1.807) is 0 Å². The van der Waals surface area contributed by atoms with Gasteiger partial charge in [-0.25, -0.2) is 0 Å². The Hall–Kier alpha value is -10.5. The molecule has 12 aromatic carbocycles. The summed E-state index contributed by atoms with van der Waals surface area (Å²) in [5, 5.41) is 11.2. The first-order chi connectivity index (χ1) is 40.8. The van der Waals surface area contributed by atoms with Crippen LogP contribution in [-0.4, -0.2) is 20.4 Å². The molecule has 0 bridgehead atoms. The van der Waals surface area contributed by atoms with E-state index in [2.05, 4.69) is 271 Å². The molecule has 0 saturated heterocycles. The minimum atomic E-state index is -0.176. The van der Waals surface area contributed by atoms with Crippen LogP contribution >= 0.6 is 0 Å². The Kier molecular flexibility index (Phi) is 8.79. The van der Waals surface area contributed by atoms with Crippen LogP contribution in [0.15, 0.2) is 245 Å². The first-order valence-electron chi connectivity index (χ1n) is 28.8. The van der Waals surface area contributed by atoms with Gasteiger partial charge >= 0.3 is 0 Å². The zero-order valence-corrected chi connectivity index (χ0v) is 45.7. The summed E-state index contributed by atoms with van der Waals surface area (Å²) in [6.45, 7) is 6.66. The van der Waals surface area contributed by atoms with Gasteiger partial charge in [0.1, 0.15) is 33.8 Å². The summed E-state index contributed by atoms with van der Waals surface area (Å²) >= 11 is 0. The number of benzene rings is 12. The van der Waals surface area contributed by atoms with Gasteiger partial charge in [0.05, 0.1) is 43.9 Å². The summed E-state index contributed by atoms with van der Waals surface area (Å²) in [5.74, 6) is 1.74. The van der Waals surface area contributed by atoms with Crippen LogP contribution in [0.25, 0.3) is 149 Å². The molecule has 7 heteroatoms. The lowest BCUT2D eigenvalue weighted by Gasteiger charge is -2.34. The Bertz CT molecular complexity index is 5620. The molecule has 7 heterocycles. The quantitative estimate of drug-likeness (QED) is 0.165. The number of rotatable bonds is 4. The molecule has 0 N–H and O–H groups in total. The van der Waals surface area contributed by atoms with E-state index in [1.807, 2.05) is 0 Å². The normalized spacial score (nSPS) is 13.1. The largest absolute Gasteiger partial charge is 0.458 e. The number of hydrogen-bond donors (Lipinski definition) is 0. The van der Waals surface area contributed by atoms with Crippen molar-refractivity contribution in [3.63, 3.8) is 0 Å². The van der Waals surface area contributed by atoms with Crippen molar-refractivity contribution in [2.24, 2.45) is 0 Å². The molecule has 2 aliphatic heterocycles. The van der Waals surface area contributed by atoms with Gasteiger partial charge in [-0.1, -0.05) is 166 Å². The van der Waals surface area contributed by atoms with E-state index >= 15 is 0 Å². The molecule has 6 nitrogen and oxygen atoms in total. The Labute approximate surface area is 476 Å². The summed E-state index contributed by atoms with van der Waals surface area (Å²) in [6, 6.07) is 86.5. The van der Waals surface area contributed by atoms with E-state index in [9.17, 15) is 0 Å². The standard InChI is InChI=1S/C76H48BN3O3/c1-76(2,3)45-29-33-58-68(39-45)81-69-38-44(49-20-8-7-19-48(49)43-17-5-4-6-18-43)37-65-72(69)77(58)59-42-57-56-41-47(79-62-27-15-11-23-52(62)53-24-12-16-28-63(53)79)31-36-67(56)83-75(57)71-70-64(80(65)73(59)71)34-32-54-55-40-46(30-35-66(55)82-74(54)70)78-60-25-13-9-21-50(60)51-22-10-14-26-61(51)78/h4-42H,1-3H3. The zero-order chi connectivity index (χ0) is 54.6. The number of para-hydroxylation sites is 4. The molecular formula is C76H48BN3O3. The van der Waals surface area contributed by atoms with Crippen molar-refractivity contribution in [1.82, 2.24) is 13.7 Å². The Morgan fingerprint density at radius 1 is 0.361 bits per heavy atom. The number of aromatic nitrogens is 3. The average molecular weight is 1060 g/mol. The summed E-state index contributed by atoms with van der Waals surface area (Å²) in [6.07, 6.45) is 0. The van der Waals surface area contributed by atoms with Crippen molar-refractivity contribution in [3.05, 3.63) is 242 Å². The van der Waals surface area contributed by atoms with E-state index in [0.717, 1.165) is 127 Å². The Morgan fingerprint density at radius 2 is 0.904 bits per heavy atom. The molecule has 0 aliphatic carbocycles. The fraction of sp³-hybridized carbons (Fsp3) is 0.0526. The lowest BCUT2D eigenvalue weighted by molar-refractivity contribution is 0.483. The summed E-state index contributed by atoms with van der Waals surface area (Å²) in [4.78, 5) is 0. The lowest BCUT2D eigenvalue weighted by Crippen LogP contribution is -2.58. The monoisotopic (exact) mass is 1060 g/mol. The van der Waals surface area contributed by atoms with Gasteiger partial charge in [0.25, 0.3) is 6.71 Å². The van der Waals surface area contributed by atoms with Crippen LogP contribution in [-0.2, 0) is 5.41 Å². The van der Waals surface area contributed by atoms with E-state index in [0.29, 0.717) is 0 Å². The van der Waals surface area contributed by atoms with Crippen LogP contribution in [0.2, 0.25) is 0 Å². The van der Waals surface area contributed by atoms with Gasteiger partial charge in [0.15, 0.2) is 0 Å².